The van der Waals surface area contributed by atoms with Crippen molar-refractivity contribution in [1.82, 2.24) is 9.88 Å². The summed E-state index contributed by atoms with van der Waals surface area (Å²) >= 11 is 0. The molecular formula is C21H26N2O4. The summed E-state index contributed by atoms with van der Waals surface area (Å²) in [5.41, 5.74) is 0.589. The molecule has 6 heteroatoms. The molecule has 1 amide bonds. The van der Waals surface area contributed by atoms with Crippen molar-refractivity contribution in [3.05, 3.63) is 48.2 Å². The normalized spacial score (nSPS) is 19.4. The second kappa shape index (κ2) is 8.75. The first-order valence-corrected chi connectivity index (χ1v) is 9.31. The van der Waals surface area contributed by atoms with Gasteiger partial charge in [-0.3, -0.25) is 4.79 Å². The number of nitrogens with zero attached hydrogens (tertiary/aromatic N) is 2. The number of methoxy groups -OCH3 is 1. The zero-order valence-electron chi connectivity index (χ0n) is 16.1. The van der Waals surface area contributed by atoms with Crippen LogP contribution in [0.3, 0.4) is 0 Å². The van der Waals surface area contributed by atoms with Crippen LogP contribution in [0.4, 0.5) is 0 Å². The molecule has 2 heterocycles. The van der Waals surface area contributed by atoms with Crippen LogP contribution in [-0.4, -0.2) is 48.2 Å². The van der Waals surface area contributed by atoms with Crippen molar-refractivity contribution in [2.45, 2.75) is 38.8 Å². The van der Waals surface area contributed by atoms with E-state index in [-0.39, 0.29) is 18.1 Å². The number of piperidine rings is 1. The first-order chi connectivity index (χ1) is 13.1. The van der Waals surface area contributed by atoms with Crippen LogP contribution in [0.15, 0.2) is 42.6 Å². The van der Waals surface area contributed by atoms with Gasteiger partial charge in [0.15, 0.2) is 0 Å². The first kappa shape index (κ1) is 19.0. The Morgan fingerprint density at radius 1 is 1.26 bits per heavy atom. The maximum atomic E-state index is 13.2. The predicted molar refractivity (Wildman–Crippen MR) is 103 cm³/mol. The molecule has 2 atom stereocenters. The molecule has 2 aromatic rings. The van der Waals surface area contributed by atoms with Gasteiger partial charge >= 0.3 is 0 Å². The third kappa shape index (κ3) is 4.51. The first-order valence-electron chi connectivity index (χ1n) is 9.31. The van der Waals surface area contributed by atoms with Crippen molar-refractivity contribution in [1.29, 1.82) is 0 Å². The van der Waals surface area contributed by atoms with Crippen molar-refractivity contribution in [2.75, 3.05) is 20.3 Å². The molecule has 27 heavy (non-hydrogen) atoms. The van der Waals surface area contributed by atoms with Gasteiger partial charge in [-0.15, -0.1) is 0 Å². The number of ether oxygens (including phenoxy) is 3. The maximum absolute atomic E-state index is 13.2. The van der Waals surface area contributed by atoms with Gasteiger partial charge < -0.3 is 19.1 Å². The number of hydrogen-bond acceptors (Lipinski definition) is 5. The topological polar surface area (TPSA) is 60.9 Å². The van der Waals surface area contributed by atoms with Crippen LogP contribution in [0.25, 0.3) is 0 Å². The monoisotopic (exact) mass is 370 g/mol. The minimum absolute atomic E-state index is 0.0292. The molecule has 1 aliphatic rings. The summed E-state index contributed by atoms with van der Waals surface area (Å²) in [5, 5.41) is 0. The lowest BCUT2D eigenvalue weighted by Gasteiger charge is -2.38. The number of carbonyl (C=O) groups excluding carboxylic acids is 1. The van der Waals surface area contributed by atoms with E-state index in [0.29, 0.717) is 36.1 Å². The maximum Gasteiger partial charge on any atom is 0.257 e. The highest BCUT2D eigenvalue weighted by Crippen LogP contribution is 2.27. The minimum atomic E-state index is -0.107. The molecule has 0 spiro atoms. The molecule has 1 fully saturated rings. The molecule has 1 saturated heterocycles. The summed E-state index contributed by atoms with van der Waals surface area (Å²) < 4.78 is 16.9. The van der Waals surface area contributed by atoms with Crippen molar-refractivity contribution in [3.8, 4) is 17.4 Å². The van der Waals surface area contributed by atoms with Crippen LogP contribution >= 0.6 is 0 Å². The summed E-state index contributed by atoms with van der Waals surface area (Å²) in [5.74, 6) is 1.80. The Bertz CT molecular complexity index is 780. The molecule has 0 radical (unpaired) electrons. The van der Waals surface area contributed by atoms with Gasteiger partial charge in [-0.05, 0) is 44.9 Å². The molecule has 0 N–H and O–H groups in total. The molecule has 0 aliphatic carbocycles. The van der Waals surface area contributed by atoms with E-state index >= 15 is 0 Å². The number of pyridine rings is 1. The quantitative estimate of drug-likeness (QED) is 0.778. The van der Waals surface area contributed by atoms with Gasteiger partial charge in [-0.25, -0.2) is 4.98 Å². The number of hydrogen-bond donors (Lipinski definition) is 0. The number of para-hydroxylation sites is 1. The van der Waals surface area contributed by atoms with Crippen LogP contribution < -0.4 is 14.2 Å². The lowest BCUT2D eigenvalue weighted by atomic mass is 9.99. The van der Waals surface area contributed by atoms with E-state index in [1.165, 1.54) is 0 Å². The van der Waals surface area contributed by atoms with Crippen molar-refractivity contribution in [2.24, 2.45) is 0 Å². The third-order valence-electron chi connectivity index (χ3n) is 4.75. The molecular weight excluding hydrogens is 344 g/mol. The Balaban J connectivity index is 1.74. The molecule has 1 aromatic carbocycles. The van der Waals surface area contributed by atoms with E-state index in [9.17, 15) is 4.79 Å². The predicted octanol–water partition coefficient (Wildman–Crippen LogP) is 3.56. The van der Waals surface area contributed by atoms with Gasteiger partial charge in [-0.2, -0.15) is 0 Å². The van der Waals surface area contributed by atoms with E-state index in [1.54, 1.807) is 25.4 Å². The highest BCUT2D eigenvalue weighted by Gasteiger charge is 2.32. The largest absolute Gasteiger partial charge is 0.497 e. The van der Waals surface area contributed by atoms with Crippen molar-refractivity contribution in [3.63, 3.8) is 0 Å². The second-order valence-corrected chi connectivity index (χ2v) is 6.59. The van der Waals surface area contributed by atoms with Crippen molar-refractivity contribution < 1.29 is 19.0 Å². The van der Waals surface area contributed by atoms with Gasteiger partial charge in [0.25, 0.3) is 5.91 Å². The molecule has 0 saturated carbocycles. The molecule has 6 nitrogen and oxygen atoms in total. The lowest BCUT2D eigenvalue weighted by Crippen LogP contribution is -2.49. The summed E-state index contributed by atoms with van der Waals surface area (Å²) in [4.78, 5) is 19.3. The third-order valence-corrected chi connectivity index (χ3v) is 4.75. The zero-order valence-corrected chi connectivity index (χ0v) is 16.1. The van der Waals surface area contributed by atoms with Crippen LogP contribution in [0, 0.1) is 0 Å². The van der Waals surface area contributed by atoms with Gasteiger partial charge in [-0.1, -0.05) is 12.1 Å². The zero-order chi connectivity index (χ0) is 19.2. The van der Waals surface area contributed by atoms with Crippen LogP contribution in [0.2, 0.25) is 0 Å². The summed E-state index contributed by atoms with van der Waals surface area (Å²) in [7, 11) is 1.61. The number of rotatable bonds is 6. The standard InChI is InChI=1S/C21H26N2O4/c1-4-26-19-8-6-5-7-18(19)21(24)23-14-17(10-9-15(23)2)27-20-13-16(25-3)11-12-22-20/h5-8,11-13,15,17H,4,9-10,14H2,1-3H3. The Labute approximate surface area is 160 Å². The SMILES string of the molecule is CCOc1ccccc1C(=O)N1CC(Oc2cc(OC)ccn2)CCC1C. The Morgan fingerprint density at radius 2 is 2.07 bits per heavy atom. The highest BCUT2D eigenvalue weighted by molar-refractivity contribution is 5.97. The molecule has 1 aromatic heterocycles. The number of carbonyl (C=O) groups is 1. The fourth-order valence-corrected chi connectivity index (χ4v) is 3.29. The fraction of sp³-hybridized carbons (Fsp3) is 0.429. The number of likely N-dealkylation sites (tertiary alicyclic amines) is 1. The van der Waals surface area contributed by atoms with Crippen molar-refractivity contribution >= 4 is 5.91 Å². The average molecular weight is 370 g/mol. The fourth-order valence-electron chi connectivity index (χ4n) is 3.29. The molecule has 1 aliphatic heterocycles. The van der Waals surface area contributed by atoms with E-state index < -0.39 is 0 Å². The molecule has 2 unspecified atom stereocenters. The van der Waals surface area contributed by atoms with Gasteiger partial charge in [0.05, 0.1) is 25.8 Å². The second-order valence-electron chi connectivity index (χ2n) is 6.59. The van der Waals surface area contributed by atoms with E-state index in [2.05, 4.69) is 11.9 Å². The van der Waals surface area contributed by atoms with E-state index in [4.69, 9.17) is 14.2 Å². The van der Waals surface area contributed by atoms with Gasteiger partial charge in [0.2, 0.25) is 5.88 Å². The van der Waals surface area contributed by atoms with Crippen LogP contribution in [-0.2, 0) is 0 Å². The Morgan fingerprint density at radius 3 is 2.85 bits per heavy atom. The van der Waals surface area contributed by atoms with Crippen LogP contribution in [0.1, 0.15) is 37.0 Å². The molecule has 144 valence electrons. The Hall–Kier alpha value is -2.76. The summed E-state index contributed by atoms with van der Waals surface area (Å²) in [6.45, 7) is 5.02. The smallest absolute Gasteiger partial charge is 0.257 e. The number of amides is 1. The molecule has 3 rings (SSSR count). The number of aromatic nitrogens is 1. The van der Waals surface area contributed by atoms with E-state index in [0.717, 1.165) is 12.8 Å². The lowest BCUT2D eigenvalue weighted by molar-refractivity contribution is 0.0369. The Kier molecular flexibility index (Phi) is 6.16. The average Bonchev–Trinajstić information content (AvgIpc) is 2.70. The van der Waals surface area contributed by atoms with Gasteiger partial charge in [0, 0.05) is 18.3 Å². The molecule has 0 bridgehead atoms. The summed E-state index contributed by atoms with van der Waals surface area (Å²) in [6, 6.07) is 11.1. The van der Waals surface area contributed by atoms with Crippen LogP contribution in [0.5, 0.6) is 17.4 Å². The van der Waals surface area contributed by atoms with E-state index in [1.807, 2.05) is 36.1 Å². The number of benzene rings is 1. The summed E-state index contributed by atoms with van der Waals surface area (Å²) in [6.07, 6.45) is 3.29. The van der Waals surface area contributed by atoms with Gasteiger partial charge in [0.1, 0.15) is 17.6 Å². The minimum Gasteiger partial charge on any atom is -0.497 e. The highest BCUT2D eigenvalue weighted by atomic mass is 16.5.